The lowest BCUT2D eigenvalue weighted by atomic mass is 10.1. The van der Waals surface area contributed by atoms with Crippen LogP contribution in [-0.4, -0.2) is 63.8 Å². The second-order valence-electron chi connectivity index (χ2n) is 7.70. The van der Waals surface area contributed by atoms with E-state index in [1.807, 2.05) is 20.8 Å². The Kier molecular flexibility index (Phi) is 11.0. The van der Waals surface area contributed by atoms with E-state index < -0.39 is 10.8 Å². The molecule has 1 rings (SSSR count). The Balaban J connectivity index is 0.00000529. The number of hydrogen-bond acceptors (Lipinski definition) is 3. The fourth-order valence-corrected chi connectivity index (χ4v) is 3.53. The summed E-state index contributed by atoms with van der Waals surface area (Å²) in [6, 6.07) is 1.00. The maximum atomic E-state index is 12.1. The molecule has 2 N–H and O–H groups in total. The summed E-state index contributed by atoms with van der Waals surface area (Å²) in [6.07, 6.45) is 0. The summed E-state index contributed by atoms with van der Waals surface area (Å²) in [5.74, 6) is 2.06. The molecule has 0 saturated carbocycles. The van der Waals surface area contributed by atoms with Crippen LogP contribution in [0, 0.1) is 5.92 Å². The number of rotatable bonds is 6. The van der Waals surface area contributed by atoms with Crippen molar-refractivity contribution in [2.45, 2.75) is 65.3 Å². The summed E-state index contributed by atoms with van der Waals surface area (Å²) < 4.78 is 11.9. The molecule has 1 fully saturated rings. The van der Waals surface area contributed by atoms with E-state index in [-0.39, 0.29) is 28.7 Å². The number of nitrogens with one attached hydrogen (secondary N) is 2. The highest BCUT2D eigenvalue weighted by Gasteiger charge is 2.31. The van der Waals surface area contributed by atoms with E-state index in [2.05, 4.69) is 48.2 Å². The minimum absolute atomic E-state index is 0. The van der Waals surface area contributed by atoms with Gasteiger partial charge in [0.05, 0.1) is 6.54 Å². The molecule has 0 spiro atoms. The first kappa shape index (κ1) is 24.1. The van der Waals surface area contributed by atoms with Gasteiger partial charge >= 0.3 is 0 Å². The van der Waals surface area contributed by atoms with Crippen molar-refractivity contribution in [2.75, 3.05) is 31.9 Å². The van der Waals surface area contributed by atoms with Crippen LogP contribution in [0.2, 0.25) is 0 Å². The molecule has 0 bridgehead atoms. The number of guanidine groups is 1. The Morgan fingerprint density at radius 3 is 2.42 bits per heavy atom. The van der Waals surface area contributed by atoms with E-state index in [0.717, 1.165) is 25.6 Å². The van der Waals surface area contributed by atoms with E-state index in [1.165, 1.54) is 0 Å². The van der Waals surface area contributed by atoms with Crippen LogP contribution in [-0.2, 0) is 10.8 Å². The third-order valence-electron chi connectivity index (χ3n) is 4.27. The molecule has 0 aliphatic carbocycles. The predicted molar refractivity (Wildman–Crippen MR) is 117 cm³/mol. The van der Waals surface area contributed by atoms with E-state index in [0.29, 0.717) is 30.3 Å². The molecule has 0 aromatic rings. The quantitative estimate of drug-likeness (QED) is 0.354. The van der Waals surface area contributed by atoms with Gasteiger partial charge in [0.25, 0.3) is 0 Å². The standard InChI is InChI=1S/C17H36N4OS.HI/c1-8-18-16(19-9-10-23(22)17(5,6)7)20-15-12-21(13(2)3)11-14(15)4;/h13-15H,8-12H2,1-7H3,(H2,18,19,20);1H. The van der Waals surface area contributed by atoms with Gasteiger partial charge in [0.1, 0.15) is 0 Å². The average Bonchev–Trinajstić information content (AvgIpc) is 2.79. The van der Waals surface area contributed by atoms with Crippen LogP contribution < -0.4 is 10.6 Å². The van der Waals surface area contributed by atoms with Gasteiger partial charge in [-0.2, -0.15) is 0 Å². The number of halogens is 1. The monoisotopic (exact) mass is 472 g/mol. The van der Waals surface area contributed by atoms with E-state index in [1.54, 1.807) is 0 Å². The Bertz CT molecular complexity index is 423. The smallest absolute Gasteiger partial charge is 0.191 e. The van der Waals surface area contributed by atoms with Crippen LogP contribution in [0.5, 0.6) is 0 Å². The first-order valence-corrected chi connectivity index (χ1v) is 10.1. The van der Waals surface area contributed by atoms with Crippen molar-refractivity contribution in [3.8, 4) is 0 Å². The Labute approximate surface area is 168 Å². The van der Waals surface area contributed by atoms with Crippen LogP contribution in [0.25, 0.3) is 0 Å². The maximum Gasteiger partial charge on any atom is 0.191 e. The van der Waals surface area contributed by atoms with Gasteiger partial charge in [0, 0.05) is 53.0 Å². The zero-order valence-electron chi connectivity index (χ0n) is 16.4. The molecule has 1 saturated heterocycles. The van der Waals surface area contributed by atoms with Crippen molar-refractivity contribution in [3.05, 3.63) is 0 Å². The summed E-state index contributed by atoms with van der Waals surface area (Å²) in [5.41, 5.74) is 0. The molecule has 7 heteroatoms. The first-order chi connectivity index (χ1) is 10.6. The van der Waals surface area contributed by atoms with Crippen molar-refractivity contribution in [1.29, 1.82) is 0 Å². The third kappa shape index (κ3) is 7.99. The molecule has 1 aliphatic rings. The first-order valence-electron chi connectivity index (χ1n) is 8.82. The third-order valence-corrected chi connectivity index (χ3v) is 6.19. The highest BCUT2D eigenvalue weighted by molar-refractivity contribution is 14.0. The topological polar surface area (TPSA) is 56.7 Å². The molecule has 3 atom stereocenters. The van der Waals surface area contributed by atoms with Crippen LogP contribution in [0.4, 0.5) is 0 Å². The Morgan fingerprint density at radius 2 is 1.96 bits per heavy atom. The number of hydrogen-bond donors (Lipinski definition) is 2. The molecule has 0 aromatic heterocycles. The van der Waals surface area contributed by atoms with Gasteiger partial charge in [-0.15, -0.1) is 24.0 Å². The van der Waals surface area contributed by atoms with Crippen molar-refractivity contribution >= 4 is 40.7 Å². The Morgan fingerprint density at radius 1 is 1.33 bits per heavy atom. The summed E-state index contributed by atoms with van der Waals surface area (Å²) in [6.45, 7) is 18.5. The second-order valence-corrected chi connectivity index (χ2v) is 10.0. The van der Waals surface area contributed by atoms with Gasteiger partial charge in [-0.1, -0.05) is 6.92 Å². The minimum atomic E-state index is -0.851. The fraction of sp³-hybridized carbons (Fsp3) is 0.941. The van der Waals surface area contributed by atoms with Gasteiger partial charge in [-0.05, 0) is 47.5 Å². The van der Waals surface area contributed by atoms with E-state index >= 15 is 0 Å². The Hall–Kier alpha value is 0.110. The van der Waals surface area contributed by atoms with Crippen molar-refractivity contribution in [3.63, 3.8) is 0 Å². The van der Waals surface area contributed by atoms with Crippen molar-refractivity contribution in [2.24, 2.45) is 10.9 Å². The summed E-state index contributed by atoms with van der Waals surface area (Å²) in [5, 5.41) is 6.87. The number of likely N-dealkylation sites (tertiary alicyclic amines) is 1. The summed E-state index contributed by atoms with van der Waals surface area (Å²) >= 11 is 0. The highest BCUT2D eigenvalue weighted by atomic mass is 127. The van der Waals surface area contributed by atoms with Crippen LogP contribution in [0.3, 0.4) is 0 Å². The van der Waals surface area contributed by atoms with Crippen molar-refractivity contribution < 1.29 is 4.21 Å². The summed E-state index contributed by atoms with van der Waals surface area (Å²) in [4.78, 5) is 7.12. The number of aliphatic imine (C=N–C) groups is 1. The maximum absolute atomic E-state index is 12.1. The lowest BCUT2D eigenvalue weighted by Crippen LogP contribution is -2.47. The SMILES string of the molecule is CCNC(=NCCS(=O)C(C)(C)C)NC1CN(C(C)C)CC1C.I. The van der Waals surface area contributed by atoms with Crippen LogP contribution in [0.1, 0.15) is 48.5 Å². The van der Waals surface area contributed by atoms with Gasteiger partial charge < -0.3 is 10.6 Å². The zero-order chi connectivity index (χ0) is 17.6. The highest BCUT2D eigenvalue weighted by Crippen LogP contribution is 2.18. The lowest BCUT2D eigenvalue weighted by molar-refractivity contribution is 0.265. The molecular formula is C17H37IN4OS. The molecule has 24 heavy (non-hydrogen) atoms. The number of nitrogens with zero attached hydrogens (tertiary/aromatic N) is 2. The van der Waals surface area contributed by atoms with Gasteiger partial charge in [-0.25, -0.2) is 0 Å². The van der Waals surface area contributed by atoms with Crippen molar-refractivity contribution in [1.82, 2.24) is 15.5 Å². The van der Waals surface area contributed by atoms with Gasteiger partial charge in [0.15, 0.2) is 5.96 Å². The average molecular weight is 472 g/mol. The molecule has 1 aliphatic heterocycles. The predicted octanol–water partition coefficient (Wildman–Crippen LogP) is 2.44. The molecule has 144 valence electrons. The minimum Gasteiger partial charge on any atom is -0.357 e. The van der Waals surface area contributed by atoms with E-state index in [4.69, 9.17) is 0 Å². The molecule has 1 heterocycles. The normalized spacial score (nSPS) is 23.9. The largest absolute Gasteiger partial charge is 0.357 e. The van der Waals surface area contributed by atoms with Crippen LogP contribution in [0.15, 0.2) is 4.99 Å². The van der Waals surface area contributed by atoms with Gasteiger partial charge in [0.2, 0.25) is 0 Å². The zero-order valence-corrected chi connectivity index (χ0v) is 19.5. The summed E-state index contributed by atoms with van der Waals surface area (Å²) in [7, 11) is -0.851. The molecular weight excluding hydrogens is 435 g/mol. The van der Waals surface area contributed by atoms with E-state index in [9.17, 15) is 4.21 Å². The molecule has 0 amide bonds. The van der Waals surface area contributed by atoms with Crippen LogP contribution >= 0.6 is 24.0 Å². The van der Waals surface area contributed by atoms with Gasteiger partial charge in [-0.3, -0.25) is 14.1 Å². The molecule has 0 aromatic carbocycles. The molecule has 0 radical (unpaired) electrons. The fourth-order valence-electron chi connectivity index (χ4n) is 2.66. The lowest BCUT2D eigenvalue weighted by Gasteiger charge is -2.22. The second kappa shape index (κ2) is 11.0. The molecule has 3 unspecified atom stereocenters. The molecule has 5 nitrogen and oxygen atoms in total.